The van der Waals surface area contributed by atoms with Crippen molar-refractivity contribution in [2.45, 2.75) is 19.3 Å². The van der Waals surface area contributed by atoms with Crippen LogP contribution in [0.15, 0.2) is 42.5 Å². The Morgan fingerprint density at radius 1 is 1.12 bits per heavy atom. The van der Waals surface area contributed by atoms with E-state index < -0.39 is 0 Å². The summed E-state index contributed by atoms with van der Waals surface area (Å²) >= 11 is 0. The van der Waals surface area contributed by atoms with Gasteiger partial charge in [-0.15, -0.1) is 0 Å². The maximum atomic E-state index is 12.6. The average Bonchev–Trinajstić information content (AvgIpc) is 3.41. The van der Waals surface area contributed by atoms with Crippen molar-refractivity contribution in [3.8, 4) is 0 Å². The molecule has 1 N–H and O–H groups in total. The maximum Gasteiger partial charge on any atom is 0.255 e. The summed E-state index contributed by atoms with van der Waals surface area (Å²) in [6, 6.07) is 13.4. The van der Waals surface area contributed by atoms with Gasteiger partial charge in [0.15, 0.2) is 0 Å². The number of rotatable bonds is 4. The quantitative estimate of drug-likeness (QED) is 0.921. The van der Waals surface area contributed by atoms with Crippen molar-refractivity contribution >= 4 is 28.9 Å². The average molecular weight is 349 g/mol. The van der Waals surface area contributed by atoms with E-state index in [0.717, 1.165) is 42.9 Å². The van der Waals surface area contributed by atoms with Crippen LogP contribution in [-0.4, -0.2) is 32.5 Å². The molecule has 5 nitrogen and oxygen atoms in total. The molecular weight excluding hydrogens is 326 g/mol. The van der Waals surface area contributed by atoms with Crippen LogP contribution in [-0.2, 0) is 11.2 Å². The van der Waals surface area contributed by atoms with E-state index in [-0.39, 0.29) is 17.7 Å². The zero-order chi connectivity index (χ0) is 18.3. The molecule has 0 saturated heterocycles. The molecule has 0 aromatic heterocycles. The molecule has 2 amide bonds. The fraction of sp³-hybridized carbons (Fsp3) is 0.333. The summed E-state index contributed by atoms with van der Waals surface area (Å²) in [5, 5.41) is 2.96. The van der Waals surface area contributed by atoms with Gasteiger partial charge in [0, 0.05) is 49.2 Å². The molecule has 2 aromatic rings. The van der Waals surface area contributed by atoms with Gasteiger partial charge in [-0.25, -0.2) is 0 Å². The summed E-state index contributed by atoms with van der Waals surface area (Å²) in [6.07, 6.45) is 2.89. The van der Waals surface area contributed by atoms with Crippen LogP contribution in [0.5, 0.6) is 0 Å². The SMILES string of the molecule is CN(C)c1cccc(C(=O)Nc2ccc3c(c2)N(C(=O)C2CC2)CC3)c1. The Kier molecular flexibility index (Phi) is 4.15. The number of fused-ring (bicyclic) bond motifs is 1. The monoisotopic (exact) mass is 349 g/mol. The van der Waals surface area contributed by atoms with E-state index in [1.165, 1.54) is 5.56 Å². The van der Waals surface area contributed by atoms with Crippen molar-refractivity contribution in [2.75, 3.05) is 35.8 Å². The maximum absolute atomic E-state index is 12.6. The topological polar surface area (TPSA) is 52.7 Å². The molecule has 5 heteroatoms. The Morgan fingerprint density at radius 2 is 1.92 bits per heavy atom. The zero-order valence-electron chi connectivity index (χ0n) is 15.2. The number of benzene rings is 2. The van der Waals surface area contributed by atoms with E-state index in [9.17, 15) is 9.59 Å². The Labute approximate surface area is 153 Å². The second-order valence-electron chi connectivity index (χ2n) is 7.26. The van der Waals surface area contributed by atoms with Crippen LogP contribution < -0.4 is 15.1 Å². The fourth-order valence-corrected chi connectivity index (χ4v) is 3.37. The number of anilines is 3. The number of carbonyl (C=O) groups is 2. The number of amides is 2. The number of carbonyl (C=O) groups excluding carboxylic acids is 2. The number of hydrogen-bond acceptors (Lipinski definition) is 3. The van der Waals surface area contributed by atoms with Crippen LogP contribution in [0, 0.1) is 5.92 Å². The molecule has 134 valence electrons. The lowest BCUT2D eigenvalue weighted by Crippen LogP contribution is -2.30. The van der Waals surface area contributed by atoms with Crippen molar-refractivity contribution in [2.24, 2.45) is 5.92 Å². The van der Waals surface area contributed by atoms with E-state index in [1.807, 2.05) is 60.3 Å². The summed E-state index contributed by atoms with van der Waals surface area (Å²) in [5.41, 5.74) is 4.43. The van der Waals surface area contributed by atoms with Gasteiger partial charge in [-0.1, -0.05) is 12.1 Å². The van der Waals surface area contributed by atoms with Gasteiger partial charge in [-0.3, -0.25) is 9.59 Å². The highest BCUT2D eigenvalue weighted by Crippen LogP contribution is 2.37. The van der Waals surface area contributed by atoms with E-state index in [0.29, 0.717) is 5.56 Å². The molecule has 0 spiro atoms. The van der Waals surface area contributed by atoms with Gasteiger partial charge in [0.05, 0.1) is 0 Å². The van der Waals surface area contributed by atoms with Crippen LogP contribution in [0.1, 0.15) is 28.8 Å². The first-order valence-corrected chi connectivity index (χ1v) is 9.06. The molecule has 2 aromatic carbocycles. The van der Waals surface area contributed by atoms with Crippen molar-refractivity contribution in [3.63, 3.8) is 0 Å². The molecule has 1 fully saturated rings. The minimum absolute atomic E-state index is 0.147. The summed E-state index contributed by atoms with van der Waals surface area (Å²) in [5.74, 6) is 0.283. The molecule has 1 heterocycles. The molecule has 1 aliphatic heterocycles. The third kappa shape index (κ3) is 3.17. The summed E-state index contributed by atoms with van der Waals surface area (Å²) < 4.78 is 0. The molecular formula is C21H23N3O2. The summed E-state index contributed by atoms with van der Waals surface area (Å²) in [7, 11) is 3.89. The highest BCUT2D eigenvalue weighted by atomic mass is 16.2. The van der Waals surface area contributed by atoms with Gasteiger partial charge in [0.2, 0.25) is 5.91 Å². The zero-order valence-corrected chi connectivity index (χ0v) is 15.2. The molecule has 2 aliphatic rings. The fourth-order valence-electron chi connectivity index (χ4n) is 3.37. The second kappa shape index (κ2) is 6.48. The van der Waals surface area contributed by atoms with Crippen LogP contribution in [0.3, 0.4) is 0 Å². The van der Waals surface area contributed by atoms with Crippen molar-refractivity contribution in [1.82, 2.24) is 0 Å². The minimum Gasteiger partial charge on any atom is -0.378 e. The highest BCUT2D eigenvalue weighted by Gasteiger charge is 2.36. The predicted octanol–water partition coefficient (Wildman–Crippen LogP) is 3.30. The highest BCUT2D eigenvalue weighted by molar-refractivity contribution is 6.05. The van der Waals surface area contributed by atoms with Crippen molar-refractivity contribution in [1.29, 1.82) is 0 Å². The first-order chi connectivity index (χ1) is 12.5. The molecule has 0 unspecified atom stereocenters. The van der Waals surface area contributed by atoms with Crippen molar-refractivity contribution < 1.29 is 9.59 Å². The molecule has 0 radical (unpaired) electrons. The second-order valence-corrected chi connectivity index (χ2v) is 7.26. The van der Waals surface area contributed by atoms with Gasteiger partial charge in [-0.05, 0) is 55.2 Å². The molecule has 4 rings (SSSR count). The van der Waals surface area contributed by atoms with E-state index in [4.69, 9.17) is 0 Å². The normalized spacial score (nSPS) is 15.5. The summed E-state index contributed by atoms with van der Waals surface area (Å²) in [6.45, 7) is 0.743. The van der Waals surface area contributed by atoms with Crippen LogP contribution in [0.4, 0.5) is 17.1 Å². The molecule has 0 atom stereocenters. The van der Waals surface area contributed by atoms with Crippen LogP contribution >= 0.6 is 0 Å². The van der Waals surface area contributed by atoms with Gasteiger partial charge >= 0.3 is 0 Å². The third-order valence-corrected chi connectivity index (χ3v) is 5.06. The molecule has 1 aliphatic carbocycles. The van der Waals surface area contributed by atoms with Gasteiger partial charge < -0.3 is 15.1 Å². The predicted molar refractivity (Wildman–Crippen MR) is 104 cm³/mol. The van der Waals surface area contributed by atoms with Crippen molar-refractivity contribution in [3.05, 3.63) is 53.6 Å². The van der Waals surface area contributed by atoms with Gasteiger partial charge in [-0.2, -0.15) is 0 Å². The number of nitrogens with one attached hydrogen (secondary N) is 1. The smallest absolute Gasteiger partial charge is 0.255 e. The Morgan fingerprint density at radius 3 is 2.65 bits per heavy atom. The first-order valence-electron chi connectivity index (χ1n) is 9.06. The third-order valence-electron chi connectivity index (χ3n) is 5.06. The Bertz CT molecular complexity index is 871. The van der Waals surface area contributed by atoms with E-state index in [1.54, 1.807) is 6.07 Å². The lowest BCUT2D eigenvalue weighted by atomic mass is 10.1. The minimum atomic E-state index is -0.147. The number of hydrogen-bond donors (Lipinski definition) is 1. The van der Waals surface area contributed by atoms with Crippen LogP contribution in [0.2, 0.25) is 0 Å². The lowest BCUT2D eigenvalue weighted by molar-refractivity contribution is -0.119. The Hall–Kier alpha value is -2.82. The summed E-state index contributed by atoms with van der Waals surface area (Å²) in [4.78, 5) is 28.9. The number of nitrogens with zero attached hydrogens (tertiary/aromatic N) is 2. The molecule has 0 bridgehead atoms. The van der Waals surface area contributed by atoms with Gasteiger partial charge in [0.1, 0.15) is 0 Å². The lowest BCUT2D eigenvalue weighted by Gasteiger charge is -2.18. The molecule has 26 heavy (non-hydrogen) atoms. The van der Waals surface area contributed by atoms with Crippen LogP contribution in [0.25, 0.3) is 0 Å². The first kappa shape index (κ1) is 16.6. The largest absolute Gasteiger partial charge is 0.378 e. The van der Waals surface area contributed by atoms with Gasteiger partial charge in [0.25, 0.3) is 5.91 Å². The van der Waals surface area contributed by atoms with E-state index in [2.05, 4.69) is 5.32 Å². The molecule has 1 saturated carbocycles. The Balaban J connectivity index is 1.54. The van der Waals surface area contributed by atoms with E-state index >= 15 is 0 Å². The standard InChI is InChI=1S/C21H23N3O2/c1-23(2)18-5-3-4-16(12-18)20(25)22-17-9-8-14-10-11-24(19(14)13-17)21(26)15-6-7-15/h3-5,8-9,12-13,15H,6-7,10-11H2,1-2H3,(H,22,25).